The van der Waals surface area contributed by atoms with Crippen LogP contribution in [-0.4, -0.2) is 12.5 Å². The Bertz CT molecular complexity index is 1400. The van der Waals surface area contributed by atoms with E-state index >= 15 is 0 Å². The lowest BCUT2D eigenvalue weighted by molar-refractivity contribution is 1.57. The molecule has 0 aromatic heterocycles. The van der Waals surface area contributed by atoms with Gasteiger partial charge in [0.05, 0.1) is 0 Å². The monoisotopic (exact) mass is 466 g/mol. The highest BCUT2D eigenvalue weighted by atomic mass is 32.3. The molecule has 0 nitrogen and oxygen atoms in total. The number of hydrogen-bond donors (Lipinski definition) is 0. The van der Waals surface area contributed by atoms with Crippen LogP contribution in [0.5, 0.6) is 0 Å². The van der Waals surface area contributed by atoms with Gasteiger partial charge in [0.2, 0.25) is 0 Å². The maximum Gasteiger partial charge on any atom is 0.0243 e. The number of allylic oxidation sites excluding steroid dienone is 2. The summed E-state index contributed by atoms with van der Waals surface area (Å²) in [5, 5.41) is 0. The second kappa shape index (κ2) is 9.23. The zero-order chi connectivity index (χ0) is 24.4. The number of benzene rings is 4. The molecular formula is C34H26S. The van der Waals surface area contributed by atoms with Crippen LogP contribution < -0.4 is 0 Å². The Hall–Kier alpha value is -4.17. The minimum atomic E-state index is -1.41. The van der Waals surface area contributed by atoms with E-state index in [4.69, 9.17) is 12.8 Å². The van der Waals surface area contributed by atoms with Gasteiger partial charge in [-0.3, -0.25) is 0 Å². The Morgan fingerprint density at radius 1 is 0.457 bits per heavy atom. The van der Waals surface area contributed by atoms with Gasteiger partial charge in [-0.2, -0.15) is 10.0 Å². The van der Waals surface area contributed by atoms with Crippen LogP contribution in [-0.2, 0) is 0 Å². The SMILES string of the molecule is C#Cc1ccc(C2=C(c3ccccc3)C(c3ccccc3)=C(c3ccc(C#C)cc3)S2(C)C)cc1. The largest absolute Gasteiger partial charge is 0.191 e. The summed E-state index contributed by atoms with van der Waals surface area (Å²) in [7, 11) is -1.41. The minimum Gasteiger partial charge on any atom is -0.191 e. The summed E-state index contributed by atoms with van der Waals surface area (Å²) in [6.45, 7) is 0. The Morgan fingerprint density at radius 3 is 1.11 bits per heavy atom. The van der Waals surface area contributed by atoms with E-state index < -0.39 is 10.0 Å². The zero-order valence-electron chi connectivity index (χ0n) is 20.0. The van der Waals surface area contributed by atoms with E-state index in [0.717, 1.165) is 11.1 Å². The average molecular weight is 467 g/mol. The predicted octanol–water partition coefficient (Wildman–Crippen LogP) is 8.16. The fourth-order valence-corrected chi connectivity index (χ4v) is 8.03. The quantitative estimate of drug-likeness (QED) is 0.266. The first kappa shape index (κ1) is 22.6. The van der Waals surface area contributed by atoms with Gasteiger partial charge in [0.25, 0.3) is 0 Å². The van der Waals surface area contributed by atoms with Crippen molar-refractivity contribution in [3.8, 4) is 24.7 Å². The van der Waals surface area contributed by atoms with Crippen molar-refractivity contribution in [2.45, 2.75) is 0 Å². The first-order valence-corrected chi connectivity index (χ1v) is 14.0. The van der Waals surface area contributed by atoms with Crippen LogP contribution in [0.25, 0.3) is 21.0 Å². The number of hydrogen-bond acceptors (Lipinski definition) is 0. The molecule has 168 valence electrons. The van der Waals surface area contributed by atoms with Crippen molar-refractivity contribution in [2.24, 2.45) is 0 Å². The molecule has 4 aromatic carbocycles. The highest BCUT2D eigenvalue weighted by molar-refractivity contribution is 8.47. The molecule has 0 saturated heterocycles. The molecule has 1 heterocycles. The summed E-state index contributed by atoms with van der Waals surface area (Å²) in [6, 6.07) is 38.4. The van der Waals surface area contributed by atoms with Gasteiger partial charge in [-0.1, -0.05) is 96.8 Å². The van der Waals surface area contributed by atoms with Crippen molar-refractivity contribution < 1.29 is 0 Å². The summed E-state index contributed by atoms with van der Waals surface area (Å²) in [6.07, 6.45) is 16.1. The standard InChI is InChI=1S/C34H26S/c1-5-25-17-21-29(22-18-25)33-31(27-13-9-7-10-14-27)32(28-15-11-8-12-16-28)34(35(33,3)4)30-23-19-26(6-2)20-24-30/h1-2,7-24H,3-4H3. The minimum absolute atomic E-state index is 0.891. The molecule has 0 radical (unpaired) electrons. The fraction of sp³-hybridized carbons (Fsp3) is 0.0588. The van der Waals surface area contributed by atoms with Gasteiger partial charge < -0.3 is 0 Å². The molecule has 1 aliphatic heterocycles. The van der Waals surface area contributed by atoms with E-state index in [1.807, 2.05) is 24.3 Å². The molecule has 0 aliphatic carbocycles. The van der Waals surface area contributed by atoms with Gasteiger partial charge in [-0.25, -0.2) is 0 Å². The van der Waals surface area contributed by atoms with Gasteiger partial charge in [-0.05, 0) is 59.0 Å². The van der Waals surface area contributed by atoms with Crippen molar-refractivity contribution in [2.75, 3.05) is 12.5 Å². The normalized spacial score (nSPS) is 15.4. The maximum atomic E-state index is 5.67. The van der Waals surface area contributed by atoms with E-state index in [1.165, 1.54) is 43.2 Å². The Kier molecular flexibility index (Phi) is 5.96. The Labute approximate surface area is 210 Å². The molecule has 5 rings (SSSR count). The molecule has 0 saturated carbocycles. The number of rotatable bonds is 4. The molecule has 0 fully saturated rings. The Morgan fingerprint density at radius 2 is 0.800 bits per heavy atom. The molecule has 0 N–H and O–H groups in total. The van der Waals surface area contributed by atoms with Gasteiger partial charge in [0.15, 0.2) is 0 Å². The van der Waals surface area contributed by atoms with Crippen LogP contribution in [0.2, 0.25) is 0 Å². The first-order valence-electron chi connectivity index (χ1n) is 11.5. The lowest BCUT2D eigenvalue weighted by Crippen LogP contribution is -2.00. The third-order valence-corrected chi connectivity index (χ3v) is 9.40. The van der Waals surface area contributed by atoms with Crippen molar-refractivity contribution in [3.63, 3.8) is 0 Å². The fourth-order valence-electron chi connectivity index (χ4n) is 4.91. The van der Waals surface area contributed by atoms with Crippen LogP contribution in [0.4, 0.5) is 0 Å². The summed E-state index contributed by atoms with van der Waals surface area (Å²) in [4.78, 5) is 2.75. The molecule has 1 heteroatoms. The molecular weight excluding hydrogens is 440 g/mol. The van der Waals surface area contributed by atoms with Crippen LogP contribution in [0.3, 0.4) is 0 Å². The molecule has 0 unspecified atom stereocenters. The maximum absolute atomic E-state index is 5.67. The van der Waals surface area contributed by atoms with Gasteiger partial charge in [0, 0.05) is 32.1 Å². The van der Waals surface area contributed by atoms with Crippen LogP contribution in [0, 0.1) is 24.7 Å². The molecule has 0 bridgehead atoms. The van der Waals surface area contributed by atoms with E-state index in [-0.39, 0.29) is 0 Å². The van der Waals surface area contributed by atoms with Gasteiger partial charge >= 0.3 is 0 Å². The summed E-state index contributed by atoms with van der Waals surface area (Å²) in [5.41, 5.74) is 9.24. The van der Waals surface area contributed by atoms with Crippen molar-refractivity contribution >= 4 is 31.0 Å². The molecule has 0 amide bonds. The molecule has 0 spiro atoms. The molecule has 1 aliphatic rings. The van der Waals surface area contributed by atoms with Crippen molar-refractivity contribution in [1.29, 1.82) is 0 Å². The second-order valence-electron chi connectivity index (χ2n) is 8.91. The smallest absolute Gasteiger partial charge is 0.0243 e. The Balaban J connectivity index is 1.88. The summed E-state index contributed by atoms with van der Waals surface area (Å²) < 4.78 is 0. The second-order valence-corrected chi connectivity index (χ2v) is 12.4. The van der Waals surface area contributed by atoms with Gasteiger partial charge in [0.1, 0.15) is 0 Å². The van der Waals surface area contributed by atoms with E-state index in [2.05, 4.69) is 109 Å². The third kappa shape index (κ3) is 4.02. The molecule has 35 heavy (non-hydrogen) atoms. The summed E-state index contributed by atoms with van der Waals surface area (Å²) >= 11 is 0. The van der Waals surface area contributed by atoms with Crippen molar-refractivity contribution in [3.05, 3.63) is 143 Å². The van der Waals surface area contributed by atoms with E-state index in [0.29, 0.717) is 0 Å². The highest BCUT2D eigenvalue weighted by Gasteiger charge is 2.39. The zero-order valence-corrected chi connectivity index (χ0v) is 20.8. The van der Waals surface area contributed by atoms with Gasteiger partial charge in [-0.15, -0.1) is 12.8 Å². The number of terminal acetylenes is 2. The lowest BCUT2D eigenvalue weighted by Gasteiger charge is -2.34. The van der Waals surface area contributed by atoms with E-state index in [9.17, 15) is 0 Å². The summed E-state index contributed by atoms with van der Waals surface area (Å²) in [5.74, 6) is 5.51. The van der Waals surface area contributed by atoms with Crippen molar-refractivity contribution in [1.82, 2.24) is 0 Å². The van der Waals surface area contributed by atoms with E-state index in [1.54, 1.807) is 0 Å². The lowest BCUT2D eigenvalue weighted by atomic mass is 9.89. The molecule has 4 aromatic rings. The predicted molar refractivity (Wildman–Crippen MR) is 155 cm³/mol. The molecule has 0 atom stereocenters. The van der Waals surface area contributed by atoms with Crippen LogP contribution in [0.15, 0.2) is 109 Å². The van der Waals surface area contributed by atoms with Crippen LogP contribution >= 0.6 is 10.0 Å². The first-order chi connectivity index (χ1) is 17.0. The average Bonchev–Trinajstić information content (AvgIpc) is 3.16. The topological polar surface area (TPSA) is 0 Å². The van der Waals surface area contributed by atoms with Crippen LogP contribution in [0.1, 0.15) is 33.4 Å². The third-order valence-electron chi connectivity index (χ3n) is 6.48. The highest BCUT2D eigenvalue weighted by Crippen LogP contribution is 2.74.